The van der Waals surface area contributed by atoms with Crippen LogP contribution in [0.25, 0.3) is 0 Å². The van der Waals surface area contributed by atoms with Crippen molar-refractivity contribution in [3.8, 4) is 0 Å². The standard InChI is InChI=1S/C18H30N2S/c1-6-19-12-17-11-15(14(2)21-17)13-20-9-7-16(8-10-20)18(3,4)5/h7,11,19H,6,8-10,12-13H2,1-5H3. The maximum absolute atomic E-state index is 3.42. The minimum atomic E-state index is 0.337. The molecule has 0 unspecified atom stereocenters. The van der Waals surface area contributed by atoms with E-state index in [0.29, 0.717) is 5.41 Å². The fourth-order valence-corrected chi connectivity index (χ4v) is 3.88. The van der Waals surface area contributed by atoms with Gasteiger partial charge in [0.25, 0.3) is 0 Å². The Labute approximate surface area is 134 Å². The molecule has 0 radical (unpaired) electrons. The van der Waals surface area contributed by atoms with E-state index in [4.69, 9.17) is 0 Å². The number of hydrogen-bond acceptors (Lipinski definition) is 3. The van der Waals surface area contributed by atoms with E-state index in [2.05, 4.69) is 57.0 Å². The number of hydrogen-bond donors (Lipinski definition) is 1. The molecule has 21 heavy (non-hydrogen) atoms. The molecule has 0 spiro atoms. The van der Waals surface area contributed by atoms with Crippen molar-refractivity contribution in [1.29, 1.82) is 0 Å². The zero-order valence-electron chi connectivity index (χ0n) is 14.3. The molecule has 1 aliphatic rings. The van der Waals surface area contributed by atoms with Gasteiger partial charge in [0.2, 0.25) is 0 Å². The summed E-state index contributed by atoms with van der Waals surface area (Å²) in [5.74, 6) is 0. The molecule has 1 aromatic rings. The number of thiophene rings is 1. The van der Waals surface area contributed by atoms with Crippen molar-refractivity contribution in [2.24, 2.45) is 5.41 Å². The summed E-state index contributed by atoms with van der Waals surface area (Å²) < 4.78 is 0. The summed E-state index contributed by atoms with van der Waals surface area (Å²) in [6.45, 7) is 16.8. The van der Waals surface area contributed by atoms with Crippen LogP contribution in [0.1, 0.15) is 49.4 Å². The SMILES string of the molecule is CCNCc1cc(CN2CC=C(C(C)(C)C)CC2)c(C)s1. The lowest BCUT2D eigenvalue weighted by Crippen LogP contribution is -2.30. The van der Waals surface area contributed by atoms with Crippen LogP contribution in [0.4, 0.5) is 0 Å². The van der Waals surface area contributed by atoms with E-state index in [1.165, 1.54) is 28.3 Å². The lowest BCUT2D eigenvalue weighted by Gasteiger charge is -2.32. The predicted molar refractivity (Wildman–Crippen MR) is 93.9 cm³/mol. The largest absolute Gasteiger partial charge is 0.312 e. The zero-order valence-corrected chi connectivity index (χ0v) is 15.1. The molecule has 1 aliphatic heterocycles. The zero-order chi connectivity index (χ0) is 15.5. The monoisotopic (exact) mass is 306 g/mol. The number of rotatable bonds is 5. The van der Waals surface area contributed by atoms with Gasteiger partial charge in [-0.1, -0.05) is 39.3 Å². The van der Waals surface area contributed by atoms with Crippen LogP contribution in [-0.4, -0.2) is 24.5 Å². The van der Waals surface area contributed by atoms with Crippen LogP contribution >= 0.6 is 11.3 Å². The van der Waals surface area contributed by atoms with Crippen LogP contribution in [-0.2, 0) is 13.1 Å². The molecular weight excluding hydrogens is 276 g/mol. The summed E-state index contributed by atoms with van der Waals surface area (Å²) >= 11 is 1.94. The molecular formula is C18H30N2S. The molecule has 1 N–H and O–H groups in total. The third-order valence-corrected chi connectivity index (χ3v) is 5.36. The molecule has 0 atom stereocenters. The number of aryl methyl sites for hydroxylation is 1. The lowest BCUT2D eigenvalue weighted by molar-refractivity contribution is 0.271. The Bertz CT molecular complexity index is 494. The third-order valence-electron chi connectivity index (χ3n) is 4.27. The van der Waals surface area contributed by atoms with Gasteiger partial charge in [-0.05, 0) is 36.9 Å². The maximum Gasteiger partial charge on any atom is 0.0299 e. The molecule has 0 amide bonds. The topological polar surface area (TPSA) is 15.3 Å². The normalized spacial score (nSPS) is 17.1. The quantitative estimate of drug-likeness (QED) is 0.814. The number of nitrogens with zero attached hydrogens (tertiary/aromatic N) is 1. The van der Waals surface area contributed by atoms with Gasteiger partial charge in [-0.2, -0.15) is 0 Å². The van der Waals surface area contributed by atoms with E-state index < -0.39 is 0 Å². The summed E-state index contributed by atoms with van der Waals surface area (Å²) in [5, 5.41) is 3.42. The first kappa shape index (κ1) is 16.7. The fraction of sp³-hybridized carbons (Fsp3) is 0.667. The van der Waals surface area contributed by atoms with Crippen LogP contribution in [0.5, 0.6) is 0 Å². The highest BCUT2D eigenvalue weighted by Crippen LogP contribution is 2.31. The summed E-state index contributed by atoms with van der Waals surface area (Å²) in [6, 6.07) is 2.39. The molecule has 2 heterocycles. The van der Waals surface area contributed by atoms with Gasteiger partial charge in [-0.15, -0.1) is 11.3 Å². The minimum absolute atomic E-state index is 0.337. The minimum Gasteiger partial charge on any atom is -0.312 e. The molecule has 0 aliphatic carbocycles. The number of nitrogens with one attached hydrogen (secondary N) is 1. The maximum atomic E-state index is 3.42. The van der Waals surface area contributed by atoms with Crippen molar-refractivity contribution in [3.05, 3.63) is 33.0 Å². The molecule has 0 fully saturated rings. The lowest BCUT2D eigenvalue weighted by atomic mass is 9.83. The van der Waals surface area contributed by atoms with Gasteiger partial charge in [0.15, 0.2) is 0 Å². The van der Waals surface area contributed by atoms with Gasteiger partial charge >= 0.3 is 0 Å². The van der Waals surface area contributed by atoms with Crippen LogP contribution in [0.2, 0.25) is 0 Å². The Morgan fingerprint density at radius 1 is 1.33 bits per heavy atom. The van der Waals surface area contributed by atoms with Gasteiger partial charge in [0, 0.05) is 35.9 Å². The van der Waals surface area contributed by atoms with Crippen molar-refractivity contribution in [1.82, 2.24) is 10.2 Å². The predicted octanol–water partition coefficient (Wildman–Crippen LogP) is 4.34. The van der Waals surface area contributed by atoms with E-state index in [-0.39, 0.29) is 0 Å². The van der Waals surface area contributed by atoms with E-state index in [0.717, 1.165) is 26.2 Å². The average molecular weight is 307 g/mol. The van der Waals surface area contributed by atoms with Crippen LogP contribution < -0.4 is 5.32 Å². The second-order valence-electron chi connectivity index (χ2n) is 7.04. The average Bonchev–Trinajstić information content (AvgIpc) is 2.76. The Morgan fingerprint density at radius 2 is 2.10 bits per heavy atom. The second-order valence-corrected chi connectivity index (χ2v) is 8.38. The molecule has 0 saturated carbocycles. The summed E-state index contributed by atoms with van der Waals surface area (Å²) in [4.78, 5) is 5.52. The van der Waals surface area contributed by atoms with Gasteiger partial charge in [0.05, 0.1) is 0 Å². The van der Waals surface area contributed by atoms with E-state index in [9.17, 15) is 0 Å². The molecule has 2 nitrogen and oxygen atoms in total. The Hall–Kier alpha value is -0.640. The van der Waals surface area contributed by atoms with Crippen LogP contribution in [0.3, 0.4) is 0 Å². The summed E-state index contributed by atoms with van der Waals surface area (Å²) in [6.07, 6.45) is 3.67. The molecule has 0 aromatic carbocycles. The highest BCUT2D eigenvalue weighted by atomic mass is 32.1. The molecule has 0 saturated heterocycles. The van der Waals surface area contributed by atoms with E-state index >= 15 is 0 Å². The van der Waals surface area contributed by atoms with Crippen molar-refractivity contribution in [2.75, 3.05) is 19.6 Å². The van der Waals surface area contributed by atoms with Gasteiger partial charge < -0.3 is 5.32 Å². The molecule has 0 bridgehead atoms. The highest BCUT2D eigenvalue weighted by molar-refractivity contribution is 7.12. The van der Waals surface area contributed by atoms with E-state index in [1.807, 2.05) is 11.3 Å². The Balaban J connectivity index is 1.94. The summed E-state index contributed by atoms with van der Waals surface area (Å²) in [5.41, 5.74) is 3.47. The molecule has 118 valence electrons. The fourth-order valence-electron chi connectivity index (χ4n) is 2.86. The van der Waals surface area contributed by atoms with Crippen molar-refractivity contribution < 1.29 is 0 Å². The Kier molecular flexibility index (Phi) is 5.64. The van der Waals surface area contributed by atoms with Crippen molar-refractivity contribution in [3.63, 3.8) is 0 Å². The summed E-state index contributed by atoms with van der Waals surface area (Å²) in [7, 11) is 0. The molecule has 1 aromatic heterocycles. The Morgan fingerprint density at radius 3 is 2.67 bits per heavy atom. The van der Waals surface area contributed by atoms with Gasteiger partial charge in [-0.3, -0.25) is 4.90 Å². The highest BCUT2D eigenvalue weighted by Gasteiger charge is 2.21. The molecule has 3 heteroatoms. The first-order chi connectivity index (χ1) is 9.90. The van der Waals surface area contributed by atoms with E-state index in [1.54, 1.807) is 5.57 Å². The first-order valence-electron chi connectivity index (χ1n) is 8.11. The van der Waals surface area contributed by atoms with Crippen LogP contribution in [0, 0.1) is 12.3 Å². The van der Waals surface area contributed by atoms with Gasteiger partial charge in [-0.25, -0.2) is 0 Å². The first-order valence-corrected chi connectivity index (χ1v) is 8.92. The van der Waals surface area contributed by atoms with Crippen molar-refractivity contribution in [2.45, 2.75) is 54.1 Å². The smallest absolute Gasteiger partial charge is 0.0299 e. The van der Waals surface area contributed by atoms with Gasteiger partial charge in [0.1, 0.15) is 0 Å². The van der Waals surface area contributed by atoms with Crippen LogP contribution in [0.15, 0.2) is 17.7 Å². The third kappa shape index (κ3) is 4.67. The van der Waals surface area contributed by atoms with Crippen molar-refractivity contribution >= 4 is 11.3 Å². The molecule has 2 rings (SSSR count). The second kappa shape index (κ2) is 7.08.